The number of nitrogens with one attached hydrogen (secondary N) is 1. The Morgan fingerprint density at radius 2 is 2.20 bits per heavy atom. The highest BCUT2D eigenvalue weighted by Crippen LogP contribution is 2.42. The van der Waals surface area contributed by atoms with E-state index in [1.54, 1.807) is 24.5 Å². The summed E-state index contributed by atoms with van der Waals surface area (Å²) in [6, 6.07) is 9.75. The summed E-state index contributed by atoms with van der Waals surface area (Å²) in [6.45, 7) is 6.81. The van der Waals surface area contributed by atoms with Gasteiger partial charge in [-0.15, -0.1) is 0 Å². The van der Waals surface area contributed by atoms with E-state index in [-0.39, 0.29) is 11.4 Å². The quantitative estimate of drug-likeness (QED) is 0.688. The van der Waals surface area contributed by atoms with E-state index in [4.69, 9.17) is 0 Å². The predicted molar refractivity (Wildman–Crippen MR) is 101 cm³/mol. The van der Waals surface area contributed by atoms with Gasteiger partial charge in [0, 0.05) is 30.7 Å². The normalized spacial score (nSPS) is 18.9. The van der Waals surface area contributed by atoms with Gasteiger partial charge in [0.15, 0.2) is 0 Å². The molecule has 0 spiro atoms. The zero-order valence-electron chi connectivity index (χ0n) is 15.2. The largest absolute Gasteiger partial charge is 0.369 e. The zero-order chi connectivity index (χ0) is 18.0. The molecule has 130 valence electrons. The standard InChI is InChI=1S/C20H24N4O/c1-14-11-20(2,3)24(4)18-8-7-15(10-17(14)18)12-22-23-19(25)16-6-5-9-21-13-16/h5-10,12-14H,11H2,1-4H3,(H,23,25)/b22-12+. The molecule has 1 atom stereocenters. The van der Waals surface area contributed by atoms with Crippen LogP contribution in [0.2, 0.25) is 0 Å². The predicted octanol–water partition coefficient (Wildman–Crippen LogP) is 3.57. The van der Waals surface area contributed by atoms with Crippen molar-refractivity contribution in [3.8, 4) is 0 Å². The monoisotopic (exact) mass is 336 g/mol. The van der Waals surface area contributed by atoms with Crippen LogP contribution < -0.4 is 10.3 Å². The number of benzene rings is 1. The number of fused-ring (bicyclic) bond motifs is 1. The minimum atomic E-state index is -0.267. The summed E-state index contributed by atoms with van der Waals surface area (Å²) in [5.41, 5.74) is 6.75. The molecule has 1 aliphatic heterocycles. The summed E-state index contributed by atoms with van der Waals surface area (Å²) < 4.78 is 0. The molecular formula is C20H24N4O. The van der Waals surface area contributed by atoms with Crippen LogP contribution in [0.5, 0.6) is 0 Å². The minimum absolute atomic E-state index is 0.152. The number of amides is 1. The van der Waals surface area contributed by atoms with E-state index in [2.05, 4.69) is 60.4 Å². The van der Waals surface area contributed by atoms with Gasteiger partial charge in [-0.2, -0.15) is 5.10 Å². The van der Waals surface area contributed by atoms with Crippen LogP contribution in [0.15, 0.2) is 47.8 Å². The molecule has 5 nitrogen and oxygen atoms in total. The van der Waals surface area contributed by atoms with E-state index in [9.17, 15) is 4.79 Å². The molecule has 2 aromatic rings. The van der Waals surface area contributed by atoms with E-state index in [1.165, 1.54) is 17.4 Å². The Kier molecular flexibility index (Phi) is 4.57. The number of carbonyl (C=O) groups is 1. The van der Waals surface area contributed by atoms with Crippen molar-refractivity contribution in [2.24, 2.45) is 5.10 Å². The van der Waals surface area contributed by atoms with Crippen LogP contribution in [0.4, 0.5) is 5.69 Å². The highest BCUT2D eigenvalue weighted by molar-refractivity contribution is 5.94. The molecule has 1 aromatic carbocycles. The fourth-order valence-electron chi connectivity index (χ4n) is 3.40. The van der Waals surface area contributed by atoms with Crippen LogP contribution in [0.3, 0.4) is 0 Å². The lowest BCUT2D eigenvalue weighted by Gasteiger charge is -2.45. The summed E-state index contributed by atoms with van der Waals surface area (Å²) in [5, 5.41) is 4.07. The van der Waals surface area contributed by atoms with Gasteiger partial charge in [0.2, 0.25) is 0 Å². The van der Waals surface area contributed by atoms with Gasteiger partial charge < -0.3 is 4.90 Å². The number of hydrazone groups is 1. The van der Waals surface area contributed by atoms with Crippen molar-refractivity contribution in [3.05, 3.63) is 59.4 Å². The number of pyridine rings is 1. The van der Waals surface area contributed by atoms with E-state index in [1.807, 2.05) is 6.07 Å². The lowest BCUT2D eigenvalue weighted by atomic mass is 9.80. The Morgan fingerprint density at radius 3 is 2.92 bits per heavy atom. The molecule has 3 rings (SSSR count). The van der Waals surface area contributed by atoms with E-state index >= 15 is 0 Å². The van der Waals surface area contributed by atoms with Crippen LogP contribution in [-0.4, -0.2) is 29.7 Å². The van der Waals surface area contributed by atoms with Crippen molar-refractivity contribution in [2.75, 3.05) is 11.9 Å². The van der Waals surface area contributed by atoms with Crippen molar-refractivity contribution in [1.29, 1.82) is 0 Å². The van der Waals surface area contributed by atoms with E-state index in [0.29, 0.717) is 11.5 Å². The molecule has 25 heavy (non-hydrogen) atoms. The smallest absolute Gasteiger partial charge is 0.272 e. The summed E-state index contributed by atoms with van der Waals surface area (Å²) in [4.78, 5) is 18.2. The molecule has 0 bridgehead atoms. The Bertz CT molecular complexity index is 799. The van der Waals surface area contributed by atoms with E-state index < -0.39 is 0 Å². The molecule has 5 heteroatoms. The molecule has 0 saturated heterocycles. The van der Waals surface area contributed by atoms with Crippen LogP contribution in [-0.2, 0) is 0 Å². The van der Waals surface area contributed by atoms with Gasteiger partial charge in [0.05, 0.1) is 11.8 Å². The first-order chi connectivity index (χ1) is 11.9. The second-order valence-electron chi connectivity index (χ2n) is 7.24. The Morgan fingerprint density at radius 1 is 1.40 bits per heavy atom. The van der Waals surface area contributed by atoms with Gasteiger partial charge in [-0.25, -0.2) is 5.43 Å². The fourth-order valence-corrected chi connectivity index (χ4v) is 3.40. The molecule has 1 N–H and O–H groups in total. The number of hydrogen-bond acceptors (Lipinski definition) is 4. The second kappa shape index (κ2) is 6.67. The minimum Gasteiger partial charge on any atom is -0.369 e. The average Bonchev–Trinajstić information content (AvgIpc) is 2.60. The third kappa shape index (κ3) is 3.55. The molecule has 0 radical (unpaired) electrons. The molecule has 1 aliphatic rings. The number of nitrogens with zero attached hydrogens (tertiary/aromatic N) is 3. The summed E-state index contributed by atoms with van der Waals surface area (Å²) in [5.74, 6) is 0.219. The average molecular weight is 336 g/mol. The summed E-state index contributed by atoms with van der Waals surface area (Å²) >= 11 is 0. The maximum Gasteiger partial charge on any atom is 0.272 e. The first-order valence-electron chi connectivity index (χ1n) is 8.50. The molecule has 1 amide bonds. The van der Waals surface area contributed by atoms with Gasteiger partial charge in [-0.3, -0.25) is 9.78 Å². The summed E-state index contributed by atoms with van der Waals surface area (Å²) in [7, 11) is 2.15. The van der Waals surface area contributed by atoms with E-state index in [0.717, 1.165) is 12.0 Å². The molecule has 2 heterocycles. The third-order valence-electron chi connectivity index (χ3n) is 4.96. The number of hydrogen-bond donors (Lipinski definition) is 1. The van der Waals surface area contributed by atoms with Crippen LogP contribution in [0, 0.1) is 0 Å². The molecule has 1 aromatic heterocycles. The van der Waals surface area contributed by atoms with Crippen molar-refractivity contribution in [3.63, 3.8) is 0 Å². The third-order valence-corrected chi connectivity index (χ3v) is 4.96. The highest BCUT2D eigenvalue weighted by atomic mass is 16.2. The zero-order valence-corrected chi connectivity index (χ0v) is 15.2. The first-order valence-corrected chi connectivity index (χ1v) is 8.50. The molecule has 0 aliphatic carbocycles. The Hall–Kier alpha value is -2.69. The van der Waals surface area contributed by atoms with Crippen LogP contribution >= 0.6 is 0 Å². The molecule has 0 saturated carbocycles. The van der Waals surface area contributed by atoms with Gasteiger partial charge >= 0.3 is 0 Å². The van der Waals surface area contributed by atoms with Crippen molar-refractivity contribution in [2.45, 2.75) is 38.6 Å². The highest BCUT2D eigenvalue weighted by Gasteiger charge is 2.33. The maximum absolute atomic E-state index is 12.0. The number of aromatic nitrogens is 1. The van der Waals surface area contributed by atoms with Gasteiger partial charge in [0.1, 0.15) is 0 Å². The van der Waals surface area contributed by atoms with Gasteiger partial charge in [-0.05, 0) is 61.6 Å². The number of anilines is 1. The van der Waals surface area contributed by atoms with Crippen molar-refractivity contribution >= 4 is 17.8 Å². The fraction of sp³-hybridized carbons (Fsp3) is 0.350. The molecular weight excluding hydrogens is 312 g/mol. The second-order valence-corrected chi connectivity index (χ2v) is 7.24. The SMILES string of the molecule is CC1CC(C)(C)N(C)c2ccc(/C=N/NC(=O)c3cccnc3)cc21. The van der Waals surface area contributed by atoms with Crippen LogP contribution in [0.25, 0.3) is 0 Å². The molecule has 1 unspecified atom stereocenters. The lowest BCUT2D eigenvalue weighted by Crippen LogP contribution is -2.45. The summed E-state index contributed by atoms with van der Waals surface area (Å²) in [6.07, 6.45) is 5.94. The topological polar surface area (TPSA) is 57.6 Å². The number of rotatable bonds is 3. The lowest BCUT2D eigenvalue weighted by molar-refractivity contribution is 0.0955. The maximum atomic E-state index is 12.0. The van der Waals surface area contributed by atoms with Crippen molar-refractivity contribution in [1.82, 2.24) is 10.4 Å². The Labute approximate surface area is 148 Å². The molecule has 0 fully saturated rings. The van der Waals surface area contributed by atoms with Gasteiger partial charge in [-0.1, -0.05) is 13.0 Å². The van der Waals surface area contributed by atoms with Crippen molar-refractivity contribution < 1.29 is 4.79 Å². The van der Waals surface area contributed by atoms with Crippen LogP contribution in [0.1, 0.15) is 54.6 Å². The number of carbonyl (C=O) groups excluding carboxylic acids is 1. The Balaban J connectivity index is 1.75. The van der Waals surface area contributed by atoms with Gasteiger partial charge in [0.25, 0.3) is 5.91 Å². The first kappa shape index (κ1) is 17.1.